The van der Waals surface area contributed by atoms with Gasteiger partial charge in [0.15, 0.2) is 5.82 Å². The fourth-order valence-electron chi connectivity index (χ4n) is 2.67. The number of nitrogens with two attached hydrogens (primary N) is 1. The van der Waals surface area contributed by atoms with Crippen LogP contribution in [0.4, 0.5) is 5.69 Å². The molecular formula is C17H16N4S. The Bertz CT molecular complexity index is 981. The van der Waals surface area contributed by atoms with Crippen LogP contribution in [-0.4, -0.2) is 14.6 Å². The second kappa shape index (κ2) is 4.81. The number of hydrogen-bond acceptors (Lipinski definition) is 4. The molecule has 0 saturated heterocycles. The van der Waals surface area contributed by atoms with Crippen LogP contribution < -0.4 is 5.73 Å². The molecule has 0 spiro atoms. The summed E-state index contributed by atoms with van der Waals surface area (Å²) >= 11 is 1.67. The van der Waals surface area contributed by atoms with Crippen molar-refractivity contribution in [3.05, 3.63) is 48.0 Å². The SMILES string of the molecule is CC(C)c1ccc2c(c1)sc1nnc(-c3cccc(N)c3)n12. The molecule has 0 bridgehead atoms. The van der Waals surface area contributed by atoms with E-state index in [4.69, 9.17) is 5.73 Å². The standard InChI is InChI=1S/C17H16N4S/c1-10(2)11-6-7-14-15(9-11)22-17-20-19-16(21(14)17)12-4-3-5-13(18)8-12/h3-10H,18H2,1-2H3. The third kappa shape index (κ3) is 1.97. The molecule has 4 nitrogen and oxygen atoms in total. The highest BCUT2D eigenvalue weighted by Gasteiger charge is 2.14. The summed E-state index contributed by atoms with van der Waals surface area (Å²) in [5.41, 5.74) is 10.1. The van der Waals surface area contributed by atoms with Crippen molar-refractivity contribution in [3.8, 4) is 11.4 Å². The van der Waals surface area contributed by atoms with E-state index in [0.29, 0.717) is 5.92 Å². The second-order valence-electron chi connectivity index (χ2n) is 5.75. The van der Waals surface area contributed by atoms with Crippen molar-refractivity contribution in [2.45, 2.75) is 19.8 Å². The Morgan fingerprint density at radius 3 is 2.73 bits per heavy atom. The molecule has 4 rings (SSSR count). The smallest absolute Gasteiger partial charge is 0.217 e. The van der Waals surface area contributed by atoms with Crippen molar-refractivity contribution in [2.24, 2.45) is 0 Å². The molecule has 0 aliphatic carbocycles. The summed E-state index contributed by atoms with van der Waals surface area (Å²) in [5.74, 6) is 1.36. The Balaban J connectivity index is 1.99. The van der Waals surface area contributed by atoms with Crippen LogP contribution in [-0.2, 0) is 0 Å². The third-order valence-electron chi connectivity index (χ3n) is 3.87. The maximum absolute atomic E-state index is 5.90. The number of anilines is 1. The van der Waals surface area contributed by atoms with Gasteiger partial charge in [0, 0.05) is 11.3 Å². The molecule has 22 heavy (non-hydrogen) atoms. The van der Waals surface area contributed by atoms with Gasteiger partial charge >= 0.3 is 0 Å². The molecular weight excluding hydrogens is 292 g/mol. The molecule has 0 aliphatic heterocycles. The Kier molecular flexibility index (Phi) is 2.90. The van der Waals surface area contributed by atoms with Crippen LogP contribution in [0.15, 0.2) is 42.5 Å². The number of fused-ring (bicyclic) bond motifs is 3. The molecule has 110 valence electrons. The fourth-order valence-corrected chi connectivity index (χ4v) is 3.69. The van der Waals surface area contributed by atoms with Gasteiger partial charge in [-0.1, -0.05) is 43.4 Å². The van der Waals surface area contributed by atoms with Gasteiger partial charge in [-0.25, -0.2) is 0 Å². The summed E-state index contributed by atoms with van der Waals surface area (Å²) in [5, 5.41) is 8.67. The molecule has 0 unspecified atom stereocenters. The lowest BCUT2D eigenvalue weighted by molar-refractivity contribution is 0.869. The molecule has 2 N–H and O–H groups in total. The maximum atomic E-state index is 5.90. The minimum Gasteiger partial charge on any atom is -0.399 e. The summed E-state index contributed by atoms with van der Waals surface area (Å²) in [6.45, 7) is 4.42. The molecule has 2 aromatic carbocycles. The first-order chi connectivity index (χ1) is 10.6. The highest BCUT2D eigenvalue weighted by atomic mass is 32.1. The summed E-state index contributed by atoms with van der Waals surface area (Å²) in [7, 11) is 0. The lowest BCUT2D eigenvalue weighted by Crippen LogP contribution is -1.91. The Morgan fingerprint density at radius 1 is 1.09 bits per heavy atom. The predicted molar refractivity (Wildman–Crippen MR) is 92.3 cm³/mol. The monoisotopic (exact) mass is 308 g/mol. The van der Waals surface area contributed by atoms with Crippen molar-refractivity contribution < 1.29 is 0 Å². The van der Waals surface area contributed by atoms with Gasteiger partial charge < -0.3 is 5.73 Å². The van der Waals surface area contributed by atoms with Gasteiger partial charge in [0.2, 0.25) is 4.96 Å². The number of thiazole rings is 1. The molecule has 4 aromatic rings. The molecule has 2 heterocycles. The molecule has 0 atom stereocenters. The predicted octanol–water partition coefficient (Wildman–Crippen LogP) is 4.32. The number of nitrogens with zero attached hydrogens (tertiary/aromatic N) is 3. The van der Waals surface area contributed by atoms with Crippen LogP contribution in [0.5, 0.6) is 0 Å². The minimum atomic E-state index is 0.519. The van der Waals surface area contributed by atoms with Crippen molar-refractivity contribution in [3.63, 3.8) is 0 Å². The Morgan fingerprint density at radius 2 is 1.95 bits per heavy atom. The van der Waals surface area contributed by atoms with Crippen LogP contribution >= 0.6 is 11.3 Å². The first-order valence-electron chi connectivity index (χ1n) is 7.27. The Hall–Kier alpha value is -2.40. The first kappa shape index (κ1) is 13.3. The van der Waals surface area contributed by atoms with Crippen LogP contribution in [0, 0.1) is 0 Å². The molecule has 2 aromatic heterocycles. The fraction of sp³-hybridized carbons (Fsp3) is 0.176. The van der Waals surface area contributed by atoms with Crippen LogP contribution in [0.25, 0.3) is 26.6 Å². The van der Waals surface area contributed by atoms with Crippen molar-refractivity contribution >= 4 is 32.2 Å². The molecule has 0 radical (unpaired) electrons. The number of rotatable bonds is 2. The summed E-state index contributed by atoms with van der Waals surface area (Å²) < 4.78 is 3.35. The zero-order valence-corrected chi connectivity index (χ0v) is 13.3. The van der Waals surface area contributed by atoms with E-state index in [1.807, 2.05) is 24.3 Å². The number of hydrogen-bond donors (Lipinski definition) is 1. The average molecular weight is 308 g/mol. The van der Waals surface area contributed by atoms with Gasteiger partial charge in [-0.15, -0.1) is 10.2 Å². The zero-order chi connectivity index (χ0) is 15.3. The van der Waals surface area contributed by atoms with Crippen molar-refractivity contribution in [1.29, 1.82) is 0 Å². The third-order valence-corrected chi connectivity index (χ3v) is 4.86. The molecule has 0 saturated carbocycles. The quantitative estimate of drug-likeness (QED) is 0.561. The highest BCUT2D eigenvalue weighted by Crippen LogP contribution is 2.32. The topological polar surface area (TPSA) is 56.2 Å². The average Bonchev–Trinajstić information content (AvgIpc) is 3.05. The van der Waals surface area contributed by atoms with Gasteiger partial charge in [-0.05, 0) is 35.7 Å². The van der Waals surface area contributed by atoms with E-state index in [2.05, 4.69) is 46.6 Å². The highest BCUT2D eigenvalue weighted by molar-refractivity contribution is 7.23. The van der Waals surface area contributed by atoms with Crippen molar-refractivity contribution in [2.75, 3.05) is 5.73 Å². The minimum absolute atomic E-state index is 0.519. The lowest BCUT2D eigenvalue weighted by Gasteiger charge is -2.05. The Labute approximate surface area is 132 Å². The van der Waals surface area contributed by atoms with E-state index in [1.165, 1.54) is 10.3 Å². The van der Waals surface area contributed by atoms with Crippen LogP contribution in [0.2, 0.25) is 0 Å². The summed E-state index contributed by atoms with van der Waals surface area (Å²) in [4.78, 5) is 0.910. The number of aromatic nitrogens is 3. The van der Waals surface area contributed by atoms with E-state index in [-0.39, 0.29) is 0 Å². The van der Waals surface area contributed by atoms with E-state index in [0.717, 1.165) is 27.6 Å². The summed E-state index contributed by atoms with van der Waals surface area (Å²) in [6, 6.07) is 14.4. The van der Waals surface area contributed by atoms with Gasteiger partial charge in [-0.3, -0.25) is 4.40 Å². The first-order valence-corrected chi connectivity index (χ1v) is 8.08. The van der Waals surface area contributed by atoms with Gasteiger partial charge in [0.1, 0.15) is 0 Å². The van der Waals surface area contributed by atoms with Gasteiger partial charge in [0.25, 0.3) is 0 Å². The molecule has 0 fully saturated rings. The molecule has 5 heteroatoms. The van der Waals surface area contributed by atoms with E-state index in [1.54, 1.807) is 11.3 Å². The van der Waals surface area contributed by atoms with Crippen LogP contribution in [0.1, 0.15) is 25.3 Å². The van der Waals surface area contributed by atoms with E-state index in [9.17, 15) is 0 Å². The molecule has 0 aliphatic rings. The van der Waals surface area contributed by atoms with Crippen molar-refractivity contribution in [1.82, 2.24) is 14.6 Å². The van der Waals surface area contributed by atoms with Gasteiger partial charge in [-0.2, -0.15) is 0 Å². The van der Waals surface area contributed by atoms with E-state index >= 15 is 0 Å². The zero-order valence-electron chi connectivity index (χ0n) is 12.4. The maximum Gasteiger partial charge on any atom is 0.217 e. The van der Waals surface area contributed by atoms with Gasteiger partial charge in [0.05, 0.1) is 10.2 Å². The second-order valence-corrected chi connectivity index (χ2v) is 6.76. The number of benzene rings is 2. The normalized spacial score (nSPS) is 11.8. The summed E-state index contributed by atoms with van der Waals surface area (Å²) in [6.07, 6.45) is 0. The molecule has 0 amide bonds. The van der Waals surface area contributed by atoms with Crippen LogP contribution in [0.3, 0.4) is 0 Å². The number of nitrogen functional groups attached to an aromatic ring is 1. The largest absolute Gasteiger partial charge is 0.399 e. The lowest BCUT2D eigenvalue weighted by atomic mass is 10.0. The van der Waals surface area contributed by atoms with E-state index < -0.39 is 0 Å².